The average molecular weight is 356 g/mol. The first kappa shape index (κ1) is 18.1. The highest BCUT2D eigenvalue weighted by atomic mass is 32.2. The summed E-state index contributed by atoms with van der Waals surface area (Å²) in [5.41, 5.74) is 0.718. The van der Waals surface area contributed by atoms with E-state index >= 15 is 0 Å². The zero-order valence-corrected chi connectivity index (χ0v) is 14.3. The molecule has 1 aromatic rings. The zero-order chi connectivity index (χ0) is 17.6. The molecule has 2 rings (SSSR count). The van der Waals surface area contributed by atoms with Crippen molar-refractivity contribution in [2.45, 2.75) is 12.5 Å². The SMILES string of the molecule is COc1ccc(/C=N\OCC(=O)N[C@@H]2CCS(=O)(=O)C2)cc1OC. The van der Waals surface area contributed by atoms with E-state index in [-0.39, 0.29) is 24.2 Å². The molecule has 0 aromatic heterocycles. The molecule has 0 radical (unpaired) electrons. The molecule has 1 amide bonds. The van der Waals surface area contributed by atoms with Gasteiger partial charge in [-0.1, -0.05) is 5.16 Å². The summed E-state index contributed by atoms with van der Waals surface area (Å²) in [6, 6.07) is 4.86. The highest BCUT2D eigenvalue weighted by Gasteiger charge is 2.28. The van der Waals surface area contributed by atoms with E-state index in [2.05, 4.69) is 10.5 Å². The van der Waals surface area contributed by atoms with Gasteiger partial charge in [-0.3, -0.25) is 4.79 Å². The number of nitrogens with zero attached hydrogens (tertiary/aromatic N) is 1. The van der Waals surface area contributed by atoms with Gasteiger partial charge in [-0.05, 0) is 24.6 Å². The second-order valence-electron chi connectivity index (χ2n) is 5.29. The van der Waals surface area contributed by atoms with Gasteiger partial charge in [0.1, 0.15) is 0 Å². The topological polar surface area (TPSA) is 103 Å². The van der Waals surface area contributed by atoms with Crippen molar-refractivity contribution in [2.24, 2.45) is 5.16 Å². The van der Waals surface area contributed by atoms with E-state index in [0.29, 0.717) is 17.9 Å². The predicted molar refractivity (Wildman–Crippen MR) is 88.3 cm³/mol. The van der Waals surface area contributed by atoms with E-state index < -0.39 is 15.7 Å². The van der Waals surface area contributed by atoms with Gasteiger partial charge in [0.05, 0.1) is 31.9 Å². The minimum atomic E-state index is -3.02. The monoisotopic (exact) mass is 356 g/mol. The number of hydrogen-bond donors (Lipinski definition) is 1. The van der Waals surface area contributed by atoms with Crippen molar-refractivity contribution in [1.29, 1.82) is 0 Å². The number of ether oxygens (including phenoxy) is 2. The molecular weight excluding hydrogens is 336 g/mol. The maximum absolute atomic E-state index is 11.7. The molecule has 1 aromatic carbocycles. The maximum atomic E-state index is 11.7. The molecule has 24 heavy (non-hydrogen) atoms. The van der Waals surface area contributed by atoms with E-state index in [9.17, 15) is 13.2 Å². The molecule has 1 atom stereocenters. The largest absolute Gasteiger partial charge is 0.493 e. The Morgan fingerprint density at radius 2 is 2.08 bits per heavy atom. The Labute approximate surface area is 140 Å². The summed E-state index contributed by atoms with van der Waals surface area (Å²) in [5.74, 6) is 0.842. The summed E-state index contributed by atoms with van der Waals surface area (Å²) in [6.07, 6.45) is 1.87. The van der Waals surface area contributed by atoms with Gasteiger partial charge in [0.2, 0.25) is 0 Å². The standard InChI is InChI=1S/C15H20N2O6S/c1-21-13-4-3-11(7-14(13)22-2)8-16-23-9-15(18)17-12-5-6-24(19,20)10-12/h3-4,7-8,12H,5-6,9-10H2,1-2H3,(H,17,18)/b16-8-/t12-/m1/s1. The number of rotatable bonds is 7. The van der Waals surface area contributed by atoms with Crippen LogP contribution in [0, 0.1) is 0 Å². The molecule has 1 fully saturated rings. The first-order valence-corrected chi connectivity index (χ1v) is 9.13. The Balaban J connectivity index is 1.79. The predicted octanol–water partition coefficient (Wildman–Crippen LogP) is 0.358. The third-order valence-corrected chi connectivity index (χ3v) is 5.25. The summed E-state index contributed by atoms with van der Waals surface area (Å²) < 4.78 is 32.9. The van der Waals surface area contributed by atoms with Crippen LogP contribution in [0.25, 0.3) is 0 Å². The number of oxime groups is 1. The number of amides is 1. The Bertz CT molecular complexity index is 717. The second kappa shape index (κ2) is 8.00. The summed E-state index contributed by atoms with van der Waals surface area (Å²) in [6.45, 7) is -0.277. The van der Waals surface area contributed by atoms with Gasteiger partial charge in [0.15, 0.2) is 27.9 Å². The first-order chi connectivity index (χ1) is 11.4. The molecule has 0 spiro atoms. The van der Waals surface area contributed by atoms with Crippen LogP contribution in [-0.2, 0) is 19.5 Å². The minimum absolute atomic E-state index is 0.0202. The summed E-state index contributed by atoms with van der Waals surface area (Å²) >= 11 is 0. The molecule has 1 saturated heterocycles. The van der Waals surface area contributed by atoms with Crippen LogP contribution in [0.3, 0.4) is 0 Å². The summed E-state index contributed by atoms with van der Waals surface area (Å²) in [7, 11) is 0.0532. The lowest BCUT2D eigenvalue weighted by atomic mass is 10.2. The zero-order valence-electron chi connectivity index (χ0n) is 13.5. The Morgan fingerprint density at radius 3 is 2.71 bits per heavy atom. The number of methoxy groups -OCH3 is 2. The molecule has 132 valence electrons. The molecule has 0 saturated carbocycles. The molecule has 0 bridgehead atoms. The molecule has 8 nitrogen and oxygen atoms in total. The van der Waals surface area contributed by atoms with Gasteiger partial charge in [0.25, 0.3) is 5.91 Å². The van der Waals surface area contributed by atoms with Gasteiger partial charge in [-0.2, -0.15) is 0 Å². The van der Waals surface area contributed by atoms with E-state index in [0.717, 1.165) is 5.56 Å². The van der Waals surface area contributed by atoms with Gasteiger partial charge >= 0.3 is 0 Å². The van der Waals surface area contributed by atoms with Crippen LogP contribution < -0.4 is 14.8 Å². The summed E-state index contributed by atoms with van der Waals surface area (Å²) in [5, 5.41) is 6.33. The van der Waals surface area contributed by atoms with E-state index in [1.54, 1.807) is 25.3 Å². The molecule has 1 aliphatic heterocycles. The lowest BCUT2D eigenvalue weighted by Crippen LogP contribution is -2.37. The normalized spacial score (nSPS) is 19.2. The number of carbonyl (C=O) groups excluding carboxylic acids is 1. The third-order valence-electron chi connectivity index (χ3n) is 3.48. The van der Waals surface area contributed by atoms with Crippen molar-refractivity contribution in [1.82, 2.24) is 5.32 Å². The van der Waals surface area contributed by atoms with Crippen LogP contribution >= 0.6 is 0 Å². The van der Waals surface area contributed by atoms with Crippen molar-refractivity contribution in [3.63, 3.8) is 0 Å². The number of nitrogens with one attached hydrogen (secondary N) is 1. The van der Waals surface area contributed by atoms with Gasteiger partial charge in [-0.15, -0.1) is 0 Å². The van der Waals surface area contributed by atoms with Crippen molar-refractivity contribution in [3.05, 3.63) is 23.8 Å². The van der Waals surface area contributed by atoms with Crippen molar-refractivity contribution in [3.8, 4) is 11.5 Å². The average Bonchev–Trinajstić information content (AvgIpc) is 2.89. The molecule has 0 unspecified atom stereocenters. The number of benzene rings is 1. The number of carbonyl (C=O) groups is 1. The van der Waals surface area contributed by atoms with Crippen LogP contribution in [-0.4, -0.2) is 58.9 Å². The Morgan fingerprint density at radius 1 is 1.33 bits per heavy atom. The summed E-state index contributed by atoms with van der Waals surface area (Å²) in [4.78, 5) is 16.6. The van der Waals surface area contributed by atoms with Crippen molar-refractivity contribution >= 4 is 22.0 Å². The van der Waals surface area contributed by atoms with Crippen molar-refractivity contribution in [2.75, 3.05) is 32.3 Å². The fourth-order valence-corrected chi connectivity index (χ4v) is 3.98. The van der Waals surface area contributed by atoms with Gasteiger partial charge in [0, 0.05) is 11.6 Å². The molecule has 1 aliphatic rings. The van der Waals surface area contributed by atoms with E-state index in [1.807, 2.05) is 0 Å². The van der Waals surface area contributed by atoms with Crippen LogP contribution in [0.4, 0.5) is 0 Å². The lowest BCUT2D eigenvalue weighted by Gasteiger charge is -2.09. The molecular formula is C15H20N2O6S. The van der Waals surface area contributed by atoms with Crippen LogP contribution in [0.1, 0.15) is 12.0 Å². The molecule has 9 heteroatoms. The van der Waals surface area contributed by atoms with E-state index in [4.69, 9.17) is 14.3 Å². The van der Waals surface area contributed by atoms with Crippen molar-refractivity contribution < 1.29 is 27.5 Å². The molecule has 1 heterocycles. The highest BCUT2D eigenvalue weighted by Crippen LogP contribution is 2.26. The number of sulfone groups is 1. The number of hydrogen-bond acceptors (Lipinski definition) is 7. The molecule has 1 N–H and O–H groups in total. The van der Waals surface area contributed by atoms with Crippen LogP contribution in [0.5, 0.6) is 11.5 Å². The van der Waals surface area contributed by atoms with Gasteiger partial charge in [-0.25, -0.2) is 8.42 Å². The highest BCUT2D eigenvalue weighted by molar-refractivity contribution is 7.91. The maximum Gasteiger partial charge on any atom is 0.261 e. The first-order valence-electron chi connectivity index (χ1n) is 7.30. The fraction of sp³-hybridized carbons (Fsp3) is 0.467. The minimum Gasteiger partial charge on any atom is -0.493 e. The van der Waals surface area contributed by atoms with Crippen LogP contribution in [0.2, 0.25) is 0 Å². The second-order valence-corrected chi connectivity index (χ2v) is 7.52. The Hall–Kier alpha value is -2.29. The molecule has 0 aliphatic carbocycles. The fourth-order valence-electron chi connectivity index (χ4n) is 2.31. The van der Waals surface area contributed by atoms with Crippen LogP contribution in [0.15, 0.2) is 23.4 Å². The van der Waals surface area contributed by atoms with Gasteiger partial charge < -0.3 is 19.6 Å². The quantitative estimate of drug-likeness (QED) is 0.559. The van der Waals surface area contributed by atoms with E-state index in [1.165, 1.54) is 13.3 Å². The Kier molecular flexibility index (Phi) is 6.02. The third kappa shape index (κ3) is 5.12. The smallest absolute Gasteiger partial charge is 0.261 e. The lowest BCUT2D eigenvalue weighted by molar-refractivity contribution is -0.126.